The molecular weight excluding hydrogens is 240 g/mol. The van der Waals surface area contributed by atoms with Gasteiger partial charge in [0.25, 0.3) is 0 Å². The number of terminal acetylenes is 1. The Kier molecular flexibility index (Phi) is 2.54. The summed E-state index contributed by atoms with van der Waals surface area (Å²) >= 11 is 0. The lowest BCUT2D eigenvalue weighted by Gasteiger charge is -2.23. The Morgan fingerprint density at radius 1 is 0.900 bits per heavy atom. The van der Waals surface area contributed by atoms with Gasteiger partial charge in [-0.3, -0.25) is 0 Å². The van der Waals surface area contributed by atoms with Gasteiger partial charge in [-0.15, -0.1) is 12.3 Å². The summed E-state index contributed by atoms with van der Waals surface area (Å²) in [4.78, 5) is 0. The number of fused-ring (bicyclic) bond motifs is 5. The SMILES string of the molecule is C#CC1CCc2ccc3c(ccc4ccccc43)c2C1. The van der Waals surface area contributed by atoms with Crippen LogP contribution in [0, 0.1) is 18.3 Å². The molecule has 1 aliphatic rings. The monoisotopic (exact) mass is 256 g/mol. The van der Waals surface area contributed by atoms with Crippen LogP contribution in [0.1, 0.15) is 17.5 Å². The zero-order valence-electron chi connectivity index (χ0n) is 11.4. The van der Waals surface area contributed by atoms with Crippen LogP contribution >= 0.6 is 0 Å². The molecule has 96 valence electrons. The highest BCUT2D eigenvalue weighted by Gasteiger charge is 2.19. The highest BCUT2D eigenvalue weighted by molar-refractivity contribution is 6.08. The van der Waals surface area contributed by atoms with Crippen LogP contribution in [0.2, 0.25) is 0 Å². The minimum atomic E-state index is 0.402. The summed E-state index contributed by atoms with van der Waals surface area (Å²) in [5.74, 6) is 3.35. The van der Waals surface area contributed by atoms with Gasteiger partial charge in [-0.05, 0) is 51.9 Å². The van der Waals surface area contributed by atoms with Crippen molar-refractivity contribution < 1.29 is 0 Å². The summed E-state index contributed by atoms with van der Waals surface area (Å²) in [6, 6.07) is 17.7. The largest absolute Gasteiger partial charge is 0.120 e. The second-order valence-corrected chi connectivity index (χ2v) is 5.69. The zero-order chi connectivity index (χ0) is 13.5. The maximum Gasteiger partial charge on any atom is 0.0244 e. The molecule has 0 heteroatoms. The fourth-order valence-corrected chi connectivity index (χ4v) is 3.49. The first-order valence-corrected chi connectivity index (χ1v) is 7.25. The number of hydrogen-bond acceptors (Lipinski definition) is 0. The second kappa shape index (κ2) is 4.39. The van der Waals surface area contributed by atoms with E-state index in [9.17, 15) is 0 Å². The van der Waals surface area contributed by atoms with Gasteiger partial charge in [-0.25, -0.2) is 0 Å². The number of benzene rings is 3. The fourth-order valence-electron chi connectivity index (χ4n) is 3.49. The predicted octanol–water partition coefficient (Wildman–Crippen LogP) is 4.73. The first kappa shape index (κ1) is 11.6. The van der Waals surface area contributed by atoms with E-state index in [0.29, 0.717) is 5.92 Å². The maximum atomic E-state index is 5.64. The third-order valence-electron chi connectivity index (χ3n) is 4.58. The summed E-state index contributed by atoms with van der Waals surface area (Å²) in [5, 5.41) is 5.40. The van der Waals surface area contributed by atoms with Gasteiger partial charge in [0, 0.05) is 5.92 Å². The van der Waals surface area contributed by atoms with Crippen LogP contribution in [0.25, 0.3) is 21.5 Å². The lowest BCUT2D eigenvalue weighted by atomic mass is 9.81. The molecule has 0 aliphatic heterocycles. The summed E-state index contributed by atoms with van der Waals surface area (Å²) in [6.07, 6.45) is 8.92. The van der Waals surface area contributed by atoms with E-state index in [1.165, 1.54) is 32.7 Å². The molecule has 0 radical (unpaired) electrons. The Morgan fingerprint density at radius 3 is 2.65 bits per heavy atom. The van der Waals surface area contributed by atoms with Crippen molar-refractivity contribution in [1.29, 1.82) is 0 Å². The Hall–Kier alpha value is -2.26. The number of rotatable bonds is 0. The third-order valence-corrected chi connectivity index (χ3v) is 4.58. The summed E-state index contributed by atoms with van der Waals surface area (Å²) in [7, 11) is 0. The molecule has 0 bridgehead atoms. The molecule has 1 aliphatic carbocycles. The van der Waals surface area contributed by atoms with E-state index in [1.807, 2.05) is 0 Å². The van der Waals surface area contributed by atoms with E-state index in [-0.39, 0.29) is 0 Å². The summed E-state index contributed by atoms with van der Waals surface area (Å²) in [5.41, 5.74) is 2.96. The Bertz CT molecular complexity index is 849. The molecule has 1 atom stereocenters. The molecular formula is C20H16. The molecule has 0 aromatic heterocycles. The van der Waals surface area contributed by atoms with Crippen molar-refractivity contribution in [3.63, 3.8) is 0 Å². The lowest BCUT2D eigenvalue weighted by molar-refractivity contribution is 0.574. The second-order valence-electron chi connectivity index (χ2n) is 5.69. The smallest absolute Gasteiger partial charge is 0.0244 e. The third kappa shape index (κ3) is 1.63. The highest BCUT2D eigenvalue weighted by atomic mass is 14.2. The molecule has 3 aromatic carbocycles. The topological polar surface area (TPSA) is 0 Å². The van der Waals surface area contributed by atoms with Gasteiger partial charge in [0.15, 0.2) is 0 Å². The average Bonchev–Trinajstić information content (AvgIpc) is 2.53. The van der Waals surface area contributed by atoms with Crippen molar-refractivity contribution in [2.45, 2.75) is 19.3 Å². The van der Waals surface area contributed by atoms with Crippen LogP contribution < -0.4 is 0 Å². The lowest BCUT2D eigenvalue weighted by Crippen LogP contribution is -2.12. The predicted molar refractivity (Wildman–Crippen MR) is 85.8 cm³/mol. The van der Waals surface area contributed by atoms with Crippen LogP contribution in [-0.2, 0) is 12.8 Å². The van der Waals surface area contributed by atoms with Crippen molar-refractivity contribution in [3.05, 3.63) is 59.7 Å². The van der Waals surface area contributed by atoms with Crippen LogP contribution in [0.15, 0.2) is 48.5 Å². The Morgan fingerprint density at radius 2 is 1.75 bits per heavy atom. The van der Waals surface area contributed by atoms with Crippen molar-refractivity contribution in [2.75, 3.05) is 0 Å². The van der Waals surface area contributed by atoms with Gasteiger partial charge in [0.2, 0.25) is 0 Å². The average molecular weight is 256 g/mol. The first-order valence-electron chi connectivity index (χ1n) is 7.25. The van der Waals surface area contributed by atoms with Crippen molar-refractivity contribution in [2.24, 2.45) is 5.92 Å². The van der Waals surface area contributed by atoms with Gasteiger partial charge in [-0.1, -0.05) is 48.5 Å². The van der Waals surface area contributed by atoms with E-state index in [0.717, 1.165) is 19.3 Å². The van der Waals surface area contributed by atoms with E-state index < -0.39 is 0 Å². The van der Waals surface area contributed by atoms with Gasteiger partial charge < -0.3 is 0 Å². The van der Waals surface area contributed by atoms with Gasteiger partial charge in [0.05, 0.1) is 0 Å². The van der Waals surface area contributed by atoms with Gasteiger partial charge in [0.1, 0.15) is 0 Å². The molecule has 0 nitrogen and oxygen atoms in total. The van der Waals surface area contributed by atoms with E-state index in [4.69, 9.17) is 6.42 Å². The summed E-state index contributed by atoms with van der Waals surface area (Å²) < 4.78 is 0. The van der Waals surface area contributed by atoms with Crippen molar-refractivity contribution >= 4 is 21.5 Å². The van der Waals surface area contributed by atoms with E-state index in [1.54, 1.807) is 0 Å². The van der Waals surface area contributed by atoms with E-state index >= 15 is 0 Å². The normalized spacial score (nSPS) is 17.9. The molecule has 0 amide bonds. The Balaban J connectivity index is 2.05. The van der Waals surface area contributed by atoms with Gasteiger partial charge in [-0.2, -0.15) is 0 Å². The van der Waals surface area contributed by atoms with Crippen LogP contribution in [0.5, 0.6) is 0 Å². The number of aryl methyl sites for hydroxylation is 1. The molecule has 1 unspecified atom stereocenters. The molecule has 0 saturated heterocycles. The molecule has 3 aromatic rings. The molecule has 20 heavy (non-hydrogen) atoms. The highest BCUT2D eigenvalue weighted by Crippen LogP contribution is 2.34. The first-order chi connectivity index (χ1) is 9.86. The van der Waals surface area contributed by atoms with Crippen LogP contribution in [0.4, 0.5) is 0 Å². The molecule has 0 heterocycles. The van der Waals surface area contributed by atoms with Crippen LogP contribution in [0.3, 0.4) is 0 Å². The van der Waals surface area contributed by atoms with E-state index in [2.05, 4.69) is 54.5 Å². The zero-order valence-corrected chi connectivity index (χ0v) is 11.4. The minimum Gasteiger partial charge on any atom is -0.120 e. The van der Waals surface area contributed by atoms with Crippen LogP contribution in [-0.4, -0.2) is 0 Å². The van der Waals surface area contributed by atoms with Crippen molar-refractivity contribution in [1.82, 2.24) is 0 Å². The molecule has 4 rings (SSSR count). The van der Waals surface area contributed by atoms with Gasteiger partial charge >= 0.3 is 0 Å². The Labute approximate surface area is 119 Å². The minimum absolute atomic E-state index is 0.402. The molecule has 0 spiro atoms. The number of hydrogen-bond donors (Lipinski definition) is 0. The molecule has 0 N–H and O–H groups in total. The van der Waals surface area contributed by atoms with Crippen molar-refractivity contribution in [3.8, 4) is 12.3 Å². The maximum absolute atomic E-state index is 5.64. The summed E-state index contributed by atoms with van der Waals surface area (Å²) in [6.45, 7) is 0. The standard InChI is InChI=1S/C20H16/c1-2-14-7-8-16-10-11-18-17-6-4-3-5-15(17)9-12-19(18)20(16)13-14/h1,3-6,9-12,14H,7-8,13H2. The quantitative estimate of drug-likeness (QED) is 0.403. The fraction of sp³-hybridized carbons (Fsp3) is 0.200. The molecule has 0 saturated carbocycles. The molecule has 0 fully saturated rings.